The Morgan fingerprint density at radius 3 is 1.67 bits per heavy atom. The maximum absolute atomic E-state index is 14.3. The molecule has 0 radical (unpaired) electrons. The first-order chi connectivity index (χ1) is 52.6. The molecule has 1 aliphatic rings. The van der Waals surface area contributed by atoms with Crippen LogP contribution in [-0.4, -0.2) is 289 Å². The van der Waals surface area contributed by atoms with Gasteiger partial charge in [-0.1, -0.05) is 70.2 Å². The number of carboxylic acid groups (broad SMARTS) is 2. The highest BCUT2D eigenvalue weighted by Crippen LogP contribution is 2.20. The summed E-state index contributed by atoms with van der Waals surface area (Å²) >= 11 is 1.46. The zero-order chi connectivity index (χ0) is 80.5. The molecule has 7 atom stereocenters. The third kappa shape index (κ3) is 35.4. The Labute approximate surface area is 643 Å². The van der Waals surface area contributed by atoms with E-state index in [1.54, 1.807) is 32.2 Å². The number of para-hydroxylation sites is 1. The van der Waals surface area contributed by atoms with Crippen molar-refractivity contribution < 1.29 is 91.5 Å². The molecule has 4 aromatic rings. The number of benzene rings is 2. The molecule has 1 aliphatic heterocycles. The van der Waals surface area contributed by atoms with Crippen LogP contribution in [0, 0.1) is 11.8 Å². The lowest BCUT2D eigenvalue weighted by molar-refractivity contribution is -0.140. The smallest absolute Gasteiger partial charge is 0.317 e. The molecule has 1 fully saturated rings. The number of nitrogens with one attached hydrogen (secondary N) is 11. The van der Waals surface area contributed by atoms with Crippen LogP contribution in [-0.2, 0) is 107 Å². The van der Waals surface area contributed by atoms with E-state index in [0.717, 1.165) is 22.0 Å². The first-order valence-corrected chi connectivity index (χ1v) is 38.2. The van der Waals surface area contributed by atoms with Gasteiger partial charge >= 0.3 is 11.9 Å². The molecule has 608 valence electrons. The fourth-order valence-corrected chi connectivity index (χ4v) is 12.1. The summed E-state index contributed by atoms with van der Waals surface area (Å²) < 4.78 is 22.3. The van der Waals surface area contributed by atoms with Gasteiger partial charge in [0.2, 0.25) is 65.0 Å². The zero-order valence-electron chi connectivity index (χ0n) is 63.5. The molecule has 2 aromatic heterocycles. The Bertz CT molecular complexity index is 3580. The number of rotatable bonds is 52. The van der Waals surface area contributed by atoms with Gasteiger partial charge in [-0.2, -0.15) is 11.8 Å². The molecule has 0 bridgehead atoms. The number of nitrogens with two attached hydrogens (primary N) is 2. The van der Waals surface area contributed by atoms with Crippen LogP contribution >= 0.6 is 11.8 Å². The van der Waals surface area contributed by atoms with Crippen molar-refractivity contribution >= 4 is 99.6 Å². The summed E-state index contributed by atoms with van der Waals surface area (Å²) in [5.41, 5.74) is 14.7. The molecule has 0 saturated carbocycles. The number of primary amides is 2. The maximum Gasteiger partial charge on any atom is 0.317 e. The monoisotopic (exact) mass is 1560 g/mol. The number of hydrogen-bond donors (Lipinski definition) is 15. The number of hydrogen-bond acceptors (Lipinski definition) is 22. The minimum Gasteiger partial charge on any atom is -0.480 e. The van der Waals surface area contributed by atoms with Gasteiger partial charge in [-0.05, 0) is 72.8 Å². The van der Waals surface area contributed by atoms with E-state index < -0.39 is 126 Å². The number of aromatic nitrogens is 3. The van der Waals surface area contributed by atoms with Crippen molar-refractivity contribution in [3.05, 3.63) is 89.6 Å². The third-order valence-corrected chi connectivity index (χ3v) is 18.2. The fraction of sp³-hybridized carbons (Fsp3) is 0.589. The number of aromatic amines is 2. The summed E-state index contributed by atoms with van der Waals surface area (Å²) in [7, 11) is 0. The van der Waals surface area contributed by atoms with Crippen LogP contribution in [0.3, 0.4) is 0 Å². The van der Waals surface area contributed by atoms with Crippen LogP contribution in [0.1, 0.15) is 89.1 Å². The molecule has 0 spiro atoms. The molecule has 110 heavy (non-hydrogen) atoms. The molecule has 11 amide bonds. The molecule has 2 aromatic carbocycles. The lowest BCUT2D eigenvalue weighted by Crippen LogP contribution is -2.59. The summed E-state index contributed by atoms with van der Waals surface area (Å²) in [6, 6.07) is 6.12. The second kappa shape index (κ2) is 49.5. The van der Waals surface area contributed by atoms with Gasteiger partial charge in [0, 0.05) is 107 Å². The van der Waals surface area contributed by atoms with Crippen LogP contribution in [0.15, 0.2) is 67.3 Å². The molecule has 17 N–H and O–H groups in total. The molecule has 37 heteroatoms. The highest BCUT2D eigenvalue weighted by molar-refractivity contribution is 7.98. The number of carbonyl (C=O) groups excluding carboxylic acids is 11. The maximum atomic E-state index is 14.3. The van der Waals surface area contributed by atoms with Gasteiger partial charge in [-0.25, -0.2) is 4.98 Å². The van der Waals surface area contributed by atoms with E-state index in [-0.39, 0.29) is 129 Å². The minimum absolute atomic E-state index is 0.0704. The van der Waals surface area contributed by atoms with Crippen molar-refractivity contribution in [3.8, 4) is 0 Å². The largest absolute Gasteiger partial charge is 0.480 e. The van der Waals surface area contributed by atoms with E-state index in [4.69, 9.17) is 30.4 Å². The molecule has 0 aliphatic carbocycles. The summed E-state index contributed by atoms with van der Waals surface area (Å²) in [4.78, 5) is 186. The Morgan fingerprint density at radius 1 is 0.545 bits per heavy atom. The number of ether oxygens (including phenoxy) is 4. The Morgan fingerprint density at radius 2 is 1.09 bits per heavy atom. The zero-order valence-corrected chi connectivity index (χ0v) is 64.3. The van der Waals surface area contributed by atoms with Gasteiger partial charge in [0.1, 0.15) is 42.3 Å². The van der Waals surface area contributed by atoms with Gasteiger partial charge in [0.05, 0.1) is 85.2 Å². The quantitative estimate of drug-likeness (QED) is 0.0209. The number of aliphatic carboxylic acids is 2. The summed E-state index contributed by atoms with van der Waals surface area (Å²) in [5.74, 6) is -9.79. The highest BCUT2D eigenvalue weighted by Gasteiger charge is 2.34. The van der Waals surface area contributed by atoms with E-state index in [1.165, 1.54) is 31.2 Å². The lowest BCUT2D eigenvalue weighted by Gasteiger charge is -2.26. The van der Waals surface area contributed by atoms with Crippen molar-refractivity contribution in [1.82, 2.24) is 77.5 Å². The predicted molar refractivity (Wildman–Crippen MR) is 406 cm³/mol. The average Bonchev–Trinajstić information content (AvgIpc) is 1.65. The number of thioether (sulfide) groups is 1. The molecule has 5 rings (SSSR count). The van der Waals surface area contributed by atoms with Crippen LogP contribution in [0.25, 0.3) is 10.9 Å². The van der Waals surface area contributed by atoms with E-state index in [0.29, 0.717) is 69.4 Å². The standard InChI is InChI=1S/C73H111N17O19S/c1-46(2)35-57(71(103)84-55(67(75)99)18-34-110-6)85-72(104)59(38-52-40-76-45-80-52)83-63(94)41-79-73(105)66(47(3)4)87-68(100)48(5)81-70(102)58(37-51-39-78-54-10-8-7-9-53(51)54)86-69(101)56(15-16-60(74)91)82-61(92)17-26-106-28-30-108-32-33-109-31-29-107-27-19-77-62(93)36-49-11-13-50(14-12-49)42-88-20-22-89(43-64(95)96)24-25-90(23-21-88)44-65(97)98/h7-14,39-40,45-48,55-59,66,78H,15-38,41-44H2,1-6H3,(H2,74,91)(H2,75,99)(H,76,80)(H,77,93)(H,79,105)(H,81,102)(H,82,92)(H,83,94)(H,84,103)(H,85,104)(H,86,101)(H,87,100)(H,95,96)(H,97,98)/t48?,55-,56?,57-,58-,59-,66-/m0/s1. The van der Waals surface area contributed by atoms with Crippen LogP contribution in [0.5, 0.6) is 0 Å². The van der Waals surface area contributed by atoms with Gasteiger partial charge in [-0.15, -0.1) is 0 Å². The van der Waals surface area contributed by atoms with Crippen molar-refractivity contribution in [2.75, 3.05) is 130 Å². The van der Waals surface area contributed by atoms with Crippen LogP contribution < -0.4 is 59.3 Å². The average molecular weight is 1560 g/mol. The molecule has 36 nitrogen and oxygen atoms in total. The number of imidazole rings is 1. The van der Waals surface area contributed by atoms with Gasteiger partial charge < -0.3 is 98.4 Å². The third-order valence-electron chi connectivity index (χ3n) is 17.6. The van der Waals surface area contributed by atoms with E-state index in [9.17, 15) is 72.5 Å². The Kier molecular flexibility index (Phi) is 40.9. The second-order valence-electron chi connectivity index (χ2n) is 27.4. The highest BCUT2D eigenvalue weighted by atomic mass is 32.2. The van der Waals surface area contributed by atoms with Crippen molar-refractivity contribution in [2.24, 2.45) is 23.3 Å². The van der Waals surface area contributed by atoms with Crippen LogP contribution in [0.4, 0.5) is 0 Å². The summed E-state index contributed by atoms with van der Waals surface area (Å²) in [6.45, 7) is 13.0. The second-order valence-corrected chi connectivity index (χ2v) is 28.4. The first-order valence-electron chi connectivity index (χ1n) is 36.8. The minimum atomic E-state index is -1.39. The molecule has 1 saturated heterocycles. The Balaban J connectivity index is 1.03. The van der Waals surface area contributed by atoms with Crippen LogP contribution in [0.2, 0.25) is 0 Å². The topological polar surface area (TPSA) is 514 Å². The van der Waals surface area contributed by atoms with Gasteiger partial charge in [0.15, 0.2) is 0 Å². The van der Waals surface area contributed by atoms with Crippen molar-refractivity contribution in [1.29, 1.82) is 0 Å². The van der Waals surface area contributed by atoms with Gasteiger partial charge in [0.25, 0.3) is 0 Å². The van der Waals surface area contributed by atoms with Crippen molar-refractivity contribution in [2.45, 2.75) is 135 Å². The number of carboxylic acids is 2. The number of fused-ring (bicyclic) bond motifs is 1. The fourth-order valence-electron chi connectivity index (χ4n) is 11.6. The number of carbonyl (C=O) groups is 13. The summed E-state index contributed by atoms with van der Waals surface area (Å²) in [6.07, 6.45) is 5.94. The molecule has 2 unspecified atom stereocenters. The first kappa shape index (κ1) is 91.0. The normalized spacial score (nSPS) is 14.9. The molecular formula is C73H111N17O19S. The number of H-pyrrole nitrogens is 2. The number of amides is 11. The van der Waals surface area contributed by atoms with Gasteiger partial charge in [-0.3, -0.25) is 77.0 Å². The molecular weight excluding hydrogens is 1450 g/mol. The van der Waals surface area contributed by atoms with E-state index in [1.807, 2.05) is 66.3 Å². The molecule has 3 heterocycles. The summed E-state index contributed by atoms with van der Waals surface area (Å²) in [5, 5.41) is 43.3. The van der Waals surface area contributed by atoms with E-state index >= 15 is 0 Å². The van der Waals surface area contributed by atoms with Crippen molar-refractivity contribution in [3.63, 3.8) is 0 Å². The number of nitrogens with zero attached hydrogens (tertiary/aromatic N) is 4. The SMILES string of the molecule is CSCC[C@H](NC(=O)[C@H](CC(C)C)NC(=O)[C@H](Cc1cnc[nH]1)NC(=O)CNC(=O)[C@@H](NC(=O)C(C)NC(=O)[C@H](Cc1c[nH]c2ccccc12)NC(=O)C(CCC(N)=O)NC(=O)CCOCCOCCOCCOCCNC(=O)Cc1ccc(CN2CCN(CC(=O)O)CCN(CC(=O)O)CC2)cc1)C(C)C)C(N)=O. The van der Waals surface area contributed by atoms with E-state index in [2.05, 4.69) is 67.7 Å². The lowest BCUT2D eigenvalue weighted by atomic mass is 10.0. The Hall–Kier alpha value is -9.63. The predicted octanol–water partition coefficient (Wildman–Crippen LogP) is -2.18.